The average Bonchev–Trinajstić information content (AvgIpc) is 2.75. The summed E-state index contributed by atoms with van der Waals surface area (Å²) in [5.41, 5.74) is 1.88. The molecular formula is C15H20F2N2O2. The highest BCUT2D eigenvalue weighted by molar-refractivity contribution is 5.35. The number of fused-ring (bicyclic) bond motifs is 3. The zero-order chi connectivity index (χ0) is 15.1. The lowest BCUT2D eigenvalue weighted by atomic mass is 10.0. The second-order valence-corrected chi connectivity index (χ2v) is 5.97. The average molecular weight is 298 g/mol. The van der Waals surface area contributed by atoms with Gasteiger partial charge in [-0.1, -0.05) is 6.07 Å². The monoisotopic (exact) mass is 298 g/mol. The number of morpholine rings is 1. The summed E-state index contributed by atoms with van der Waals surface area (Å²) >= 11 is 0. The molecule has 0 amide bonds. The predicted octanol–water partition coefficient (Wildman–Crippen LogP) is 2.78. The molecule has 1 saturated heterocycles. The summed E-state index contributed by atoms with van der Waals surface area (Å²) in [6, 6.07) is 4.23. The zero-order valence-corrected chi connectivity index (χ0v) is 12.4. The lowest BCUT2D eigenvalue weighted by Gasteiger charge is -2.45. The van der Waals surface area contributed by atoms with Gasteiger partial charge >= 0.3 is 6.61 Å². The maximum atomic E-state index is 12.3. The van der Waals surface area contributed by atoms with Crippen molar-refractivity contribution in [2.24, 2.45) is 0 Å². The van der Waals surface area contributed by atoms with E-state index in [1.165, 1.54) is 6.07 Å². The second-order valence-electron chi connectivity index (χ2n) is 5.97. The summed E-state index contributed by atoms with van der Waals surface area (Å²) in [6.45, 7) is 4.32. The van der Waals surface area contributed by atoms with E-state index in [9.17, 15) is 8.78 Å². The third-order valence-corrected chi connectivity index (χ3v) is 4.24. The molecule has 3 rings (SSSR count). The minimum atomic E-state index is -2.84. The number of aromatic nitrogens is 1. The van der Waals surface area contributed by atoms with Crippen molar-refractivity contribution >= 4 is 0 Å². The van der Waals surface area contributed by atoms with Crippen LogP contribution in [0.1, 0.15) is 38.1 Å². The molecule has 0 N–H and O–H groups in total. The molecule has 4 nitrogen and oxygen atoms in total. The van der Waals surface area contributed by atoms with E-state index in [-0.39, 0.29) is 18.0 Å². The van der Waals surface area contributed by atoms with Crippen molar-refractivity contribution in [1.82, 2.24) is 9.88 Å². The lowest BCUT2D eigenvalue weighted by Crippen LogP contribution is -2.51. The molecule has 1 aliphatic carbocycles. The normalized spacial score (nSPS) is 28.8. The van der Waals surface area contributed by atoms with Gasteiger partial charge in [0.05, 0.1) is 24.4 Å². The molecule has 1 aromatic rings. The fraction of sp³-hybridized carbons (Fsp3) is 0.667. The number of pyridine rings is 1. The number of hydrogen-bond donors (Lipinski definition) is 0. The molecule has 2 heterocycles. The Balaban J connectivity index is 1.92. The minimum Gasteiger partial charge on any atom is -0.417 e. The number of halogens is 2. The van der Waals surface area contributed by atoms with Crippen LogP contribution >= 0.6 is 0 Å². The maximum Gasteiger partial charge on any atom is 0.388 e. The van der Waals surface area contributed by atoms with Gasteiger partial charge in [-0.05, 0) is 26.3 Å². The molecule has 0 radical (unpaired) electrons. The standard InChI is InChI=1S/C15H20F2N2O2/c1-8(2)19-9(3)7-20-12-6-11-10(14(12)19)4-5-13(18-11)21-15(16)17/h4-5,8-9,12,14-15H,6-7H2,1-3H3. The van der Waals surface area contributed by atoms with Crippen molar-refractivity contribution in [3.05, 3.63) is 23.4 Å². The van der Waals surface area contributed by atoms with Crippen LogP contribution in [-0.2, 0) is 11.2 Å². The molecule has 0 aromatic carbocycles. The first-order valence-corrected chi connectivity index (χ1v) is 7.31. The summed E-state index contributed by atoms with van der Waals surface area (Å²) in [5.74, 6) is -0.0217. The number of hydrogen-bond acceptors (Lipinski definition) is 4. The van der Waals surface area contributed by atoms with E-state index >= 15 is 0 Å². The Morgan fingerprint density at radius 3 is 2.81 bits per heavy atom. The van der Waals surface area contributed by atoms with Gasteiger partial charge < -0.3 is 9.47 Å². The SMILES string of the molecule is CC(C)N1C(C)COC2Cc3nc(OC(F)F)ccc3C21. The smallest absolute Gasteiger partial charge is 0.388 e. The molecule has 0 bridgehead atoms. The number of alkyl halides is 2. The van der Waals surface area contributed by atoms with Crippen LogP contribution in [0.25, 0.3) is 0 Å². The first-order chi connectivity index (χ1) is 9.97. The highest BCUT2D eigenvalue weighted by Crippen LogP contribution is 2.42. The molecule has 3 atom stereocenters. The molecule has 2 aliphatic rings. The third-order valence-electron chi connectivity index (χ3n) is 4.24. The van der Waals surface area contributed by atoms with Crippen LogP contribution in [0.15, 0.2) is 12.1 Å². The Morgan fingerprint density at radius 2 is 2.14 bits per heavy atom. The van der Waals surface area contributed by atoms with Crippen molar-refractivity contribution in [2.75, 3.05) is 6.61 Å². The van der Waals surface area contributed by atoms with Crippen LogP contribution in [0.5, 0.6) is 5.88 Å². The third kappa shape index (κ3) is 2.62. The quantitative estimate of drug-likeness (QED) is 0.859. The first kappa shape index (κ1) is 14.7. The van der Waals surface area contributed by atoms with Gasteiger partial charge in [-0.25, -0.2) is 4.98 Å². The zero-order valence-electron chi connectivity index (χ0n) is 12.4. The second kappa shape index (κ2) is 5.50. The summed E-state index contributed by atoms with van der Waals surface area (Å²) in [7, 11) is 0. The van der Waals surface area contributed by atoms with Crippen molar-refractivity contribution in [1.29, 1.82) is 0 Å². The Hall–Kier alpha value is -1.27. The van der Waals surface area contributed by atoms with E-state index in [0.29, 0.717) is 25.1 Å². The van der Waals surface area contributed by atoms with Crippen LogP contribution in [0.3, 0.4) is 0 Å². The van der Waals surface area contributed by atoms with Crippen LogP contribution in [-0.4, -0.2) is 41.3 Å². The molecule has 3 unspecified atom stereocenters. The van der Waals surface area contributed by atoms with E-state index < -0.39 is 6.61 Å². The highest BCUT2D eigenvalue weighted by atomic mass is 19.3. The molecule has 0 spiro atoms. The van der Waals surface area contributed by atoms with E-state index in [0.717, 1.165) is 11.3 Å². The first-order valence-electron chi connectivity index (χ1n) is 7.31. The molecule has 1 aromatic heterocycles. The summed E-state index contributed by atoms with van der Waals surface area (Å²) in [6.07, 6.45) is 0.698. The van der Waals surface area contributed by atoms with Gasteiger partial charge in [0.2, 0.25) is 5.88 Å². The van der Waals surface area contributed by atoms with Gasteiger partial charge in [0.25, 0.3) is 0 Å². The van der Waals surface area contributed by atoms with Gasteiger partial charge in [-0.3, -0.25) is 4.90 Å². The van der Waals surface area contributed by atoms with Crippen molar-refractivity contribution in [2.45, 2.75) is 58.0 Å². The predicted molar refractivity (Wildman–Crippen MR) is 73.5 cm³/mol. The summed E-state index contributed by atoms with van der Waals surface area (Å²) in [4.78, 5) is 6.65. The van der Waals surface area contributed by atoms with Gasteiger partial charge in [0, 0.05) is 24.6 Å². The lowest BCUT2D eigenvalue weighted by molar-refractivity contribution is -0.104. The molecule has 0 saturated carbocycles. The molecule has 1 fully saturated rings. The van der Waals surface area contributed by atoms with Gasteiger partial charge in [-0.2, -0.15) is 8.78 Å². The summed E-state index contributed by atoms with van der Waals surface area (Å²) < 4.78 is 34.9. The number of ether oxygens (including phenoxy) is 2. The summed E-state index contributed by atoms with van der Waals surface area (Å²) in [5, 5.41) is 0. The molecular weight excluding hydrogens is 278 g/mol. The van der Waals surface area contributed by atoms with Crippen molar-refractivity contribution < 1.29 is 18.3 Å². The van der Waals surface area contributed by atoms with Crippen LogP contribution in [0.4, 0.5) is 8.78 Å². The Labute approximate surface area is 123 Å². The maximum absolute atomic E-state index is 12.3. The van der Waals surface area contributed by atoms with Gasteiger partial charge in [0.15, 0.2) is 0 Å². The molecule has 1 aliphatic heterocycles. The van der Waals surface area contributed by atoms with Gasteiger partial charge in [0.1, 0.15) is 0 Å². The molecule has 6 heteroatoms. The van der Waals surface area contributed by atoms with Crippen molar-refractivity contribution in [3.8, 4) is 5.88 Å². The van der Waals surface area contributed by atoms with E-state index in [1.807, 2.05) is 6.07 Å². The van der Waals surface area contributed by atoms with E-state index in [2.05, 4.69) is 35.4 Å². The van der Waals surface area contributed by atoms with Crippen LogP contribution < -0.4 is 4.74 Å². The largest absolute Gasteiger partial charge is 0.417 e. The Morgan fingerprint density at radius 1 is 1.38 bits per heavy atom. The van der Waals surface area contributed by atoms with Crippen LogP contribution in [0.2, 0.25) is 0 Å². The Bertz CT molecular complexity index is 524. The number of nitrogens with zero attached hydrogens (tertiary/aromatic N) is 2. The highest BCUT2D eigenvalue weighted by Gasteiger charge is 2.44. The van der Waals surface area contributed by atoms with E-state index in [1.54, 1.807) is 0 Å². The van der Waals surface area contributed by atoms with Crippen molar-refractivity contribution in [3.63, 3.8) is 0 Å². The fourth-order valence-corrected chi connectivity index (χ4v) is 3.54. The van der Waals surface area contributed by atoms with E-state index in [4.69, 9.17) is 4.74 Å². The van der Waals surface area contributed by atoms with Gasteiger partial charge in [-0.15, -0.1) is 0 Å². The fourth-order valence-electron chi connectivity index (χ4n) is 3.54. The minimum absolute atomic E-state index is 0.0217. The molecule has 21 heavy (non-hydrogen) atoms. The Kier molecular flexibility index (Phi) is 3.84. The van der Waals surface area contributed by atoms with Crippen LogP contribution in [0, 0.1) is 0 Å². The topological polar surface area (TPSA) is 34.6 Å². The number of rotatable bonds is 3. The molecule has 116 valence electrons.